The van der Waals surface area contributed by atoms with Crippen molar-refractivity contribution in [3.8, 4) is 5.75 Å². The van der Waals surface area contributed by atoms with Gasteiger partial charge in [-0.05, 0) is 13.8 Å². The van der Waals surface area contributed by atoms with Crippen LogP contribution in [-0.4, -0.2) is 73.8 Å². The van der Waals surface area contributed by atoms with Crippen molar-refractivity contribution >= 4 is 55.1 Å². The average Bonchev–Trinajstić information content (AvgIpc) is 2.97. The molecule has 1 saturated heterocycles. The molecule has 12 heteroatoms. The van der Waals surface area contributed by atoms with E-state index >= 15 is 0 Å². The van der Waals surface area contributed by atoms with Crippen LogP contribution < -0.4 is 5.32 Å². The van der Waals surface area contributed by atoms with Crippen LogP contribution in [0.5, 0.6) is 5.75 Å². The summed E-state index contributed by atoms with van der Waals surface area (Å²) in [6.45, 7) is 3.18. The minimum absolute atomic E-state index is 0. The molecule has 1 aliphatic rings. The van der Waals surface area contributed by atoms with Crippen LogP contribution in [0.25, 0.3) is 0 Å². The summed E-state index contributed by atoms with van der Waals surface area (Å²) in [6.07, 6.45) is 1.39. The van der Waals surface area contributed by atoms with Crippen LogP contribution in [0.15, 0.2) is 6.20 Å². The van der Waals surface area contributed by atoms with E-state index in [0.717, 1.165) is 0 Å². The van der Waals surface area contributed by atoms with Gasteiger partial charge in [0.1, 0.15) is 11.8 Å². The van der Waals surface area contributed by atoms with Crippen LogP contribution in [-0.2, 0) is 25.2 Å². The first-order chi connectivity index (χ1) is 11.2. The number of pyridine rings is 1. The second-order valence-electron chi connectivity index (χ2n) is 5.08. The molecule has 9 nitrogen and oxygen atoms in total. The minimum atomic E-state index is -4.66. The van der Waals surface area contributed by atoms with Crippen molar-refractivity contribution in [2.45, 2.75) is 31.9 Å². The molecule has 1 aromatic rings. The van der Waals surface area contributed by atoms with Crippen LogP contribution in [0.3, 0.4) is 0 Å². The summed E-state index contributed by atoms with van der Waals surface area (Å²) in [5.41, 5.74) is 1.09. The van der Waals surface area contributed by atoms with E-state index in [9.17, 15) is 14.5 Å². The number of nitrogens with zero attached hydrogens (tertiary/aromatic N) is 1. The topological polar surface area (TPSA) is 138 Å². The Labute approximate surface area is 171 Å². The van der Waals surface area contributed by atoms with E-state index in [4.69, 9.17) is 14.5 Å². The second-order valence-corrected chi connectivity index (χ2v) is 7.46. The maximum Gasteiger partial charge on any atom is 0.469 e. The quantitative estimate of drug-likeness (QED) is 0.304. The molecular weight excluding hydrogens is 382 g/mol. The molecule has 25 heavy (non-hydrogen) atoms. The smallest absolute Gasteiger partial charge is 0.469 e. The number of hydrogen-bond donors (Lipinski definition) is 4. The van der Waals surface area contributed by atoms with Crippen molar-refractivity contribution < 1.29 is 33.5 Å². The first kappa shape index (κ1) is 22.9. The number of phosphoric acid groups is 1. The molecule has 1 fully saturated rings. The van der Waals surface area contributed by atoms with Crippen molar-refractivity contribution in [1.29, 1.82) is 0 Å². The molecule has 0 aromatic carbocycles. The number of aromatic nitrogens is 1. The molecule has 0 spiro atoms. The number of nitrogens with one attached hydrogen (secondary N) is 1. The molecule has 135 valence electrons. The predicted octanol–water partition coefficient (Wildman–Crippen LogP) is 0.591. The summed E-state index contributed by atoms with van der Waals surface area (Å²) < 4.78 is 20.4. The Morgan fingerprint density at radius 1 is 1.52 bits per heavy atom. The fourth-order valence-corrected chi connectivity index (χ4v) is 3.85. The fraction of sp³-hybridized carbons (Fsp3) is 0.538. The number of phosphoric ester groups is 1. The number of esters is 1. The number of hydrogen-bond acceptors (Lipinski definition) is 8. The van der Waals surface area contributed by atoms with Crippen molar-refractivity contribution in [2.24, 2.45) is 0 Å². The van der Waals surface area contributed by atoms with Gasteiger partial charge in [-0.3, -0.25) is 19.6 Å². The molecule has 1 aliphatic heterocycles. The van der Waals surface area contributed by atoms with Gasteiger partial charge in [-0.2, -0.15) is 0 Å². The third-order valence-electron chi connectivity index (χ3n) is 3.36. The van der Waals surface area contributed by atoms with E-state index < -0.39 is 25.8 Å². The number of aromatic hydroxyl groups is 1. The Bertz CT molecular complexity index is 672. The zero-order valence-electron chi connectivity index (χ0n) is 14.1. The Kier molecular flexibility index (Phi) is 8.86. The number of rotatable bonds is 6. The van der Waals surface area contributed by atoms with Crippen LogP contribution in [0, 0.1) is 6.92 Å². The molecule has 1 aromatic heterocycles. The van der Waals surface area contributed by atoms with Gasteiger partial charge in [-0.1, -0.05) is 0 Å². The number of aryl methyl sites for hydroxylation is 1. The Morgan fingerprint density at radius 2 is 2.20 bits per heavy atom. The van der Waals surface area contributed by atoms with E-state index in [1.165, 1.54) is 18.0 Å². The first-order valence-corrected chi connectivity index (χ1v) is 9.72. The zero-order valence-corrected chi connectivity index (χ0v) is 17.8. The van der Waals surface area contributed by atoms with Crippen LogP contribution in [0.4, 0.5) is 0 Å². The third-order valence-corrected chi connectivity index (χ3v) is 5.06. The molecule has 1 radical (unpaired) electrons. The van der Waals surface area contributed by atoms with Gasteiger partial charge < -0.3 is 19.6 Å². The average molecular weight is 401 g/mol. The summed E-state index contributed by atoms with van der Waals surface area (Å²) in [4.78, 5) is 33.5. The van der Waals surface area contributed by atoms with Gasteiger partial charge in [0.2, 0.25) is 0 Å². The van der Waals surface area contributed by atoms with E-state index in [-0.39, 0.29) is 47.9 Å². The van der Waals surface area contributed by atoms with Gasteiger partial charge in [-0.15, -0.1) is 11.8 Å². The van der Waals surface area contributed by atoms with Crippen molar-refractivity contribution in [1.82, 2.24) is 10.3 Å². The molecule has 2 heterocycles. The van der Waals surface area contributed by atoms with Crippen LogP contribution in [0.2, 0.25) is 0 Å². The zero-order chi connectivity index (χ0) is 17.9. The van der Waals surface area contributed by atoms with Gasteiger partial charge in [0.15, 0.2) is 0 Å². The SMILES string of the molecule is CCOC(=O)C1CSC(c2c(COP(=O)(O)O)cnc(C)c2O)N1.[Na]. The van der Waals surface area contributed by atoms with Crippen molar-refractivity contribution in [3.63, 3.8) is 0 Å². The molecule has 0 bridgehead atoms. The number of ether oxygens (including phenoxy) is 1. The van der Waals surface area contributed by atoms with Crippen molar-refractivity contribution in [3.05, 3.63) is 23.0 Å². The van der Waals surface area contributed by atoms with E-state index in [0.29, 0.717) is 22.6 Å². The number of carbonyl (C=O) groups is 1. The summed E-state index contributed by atoms with van der Waals surface area (Å²) >= 11 is 1.38. The maximum atomic E-state index is 11.8. The normalized spacial score (nSPS) is 20.2. The Hall–Kier alpha value is -0.160. The summed E-state index contributed by atoms with van der Waals surface area (Å²) in [7, 11) is -4.66. The van der Waals surface area contributed by atoms with E-state index in [1.807, 2.05) is 0 Å². The molecule has 2 unspecified atom stereocenters. The van der Waals surface area contributed by atoms with Gasteiger partial charge in [-0.25, -0.2) is 4.57 Å². The molecule has 2 atom stereocenters. The molecule has 0 amide bonds. The van der Waals surface area contributed by atoms with Crippen LogP contribution in [0.1, 0.15) is 29.1 Å². The van der Waals surface area contributed by atoms with Crippen LogP contribution >= 0.6 is 19.6 Å². The minimum Gasteiger partial charge on any atom is -0.506 e. The second kappa shape index (κ2) is 9.68. The molecule has 0 aliphatic carbocycles. The monoisotopic (exact) mass is 401 g/mol. The first-order valence-electron chi connectivity index (χ1n) is 7.14. The maximum absolute atomic E-state index is 11.8. The summed E-state index contributed by atoms with van der Waals surface area (Å²) in [5.74, 6) is -0.0366. The van der Waals surface area contributed by atoms with E-state index in [2.05, 4.69) is 14.8 Å². The molecule has 0 saturated carbocycles. The van der Waals surface area contributed by atoms with E-state index in [1.54, 1.807) is 13.8 Å². The molecular formula is C13H19N2NaO7PS. The molecule has 2 rings (SSSR count). The standard InChI is InChI=1S/C13H19N2O7PS.Na/c1-3-21-13(17)9-6-24-12(15-9)10-8(5-22-23(18,19)20)4-14-7(2)11(10)16;/h4,9,12,15-16H,3,5-6H2,1-2H3,(H2,18,19,20);. The third kappa shape index (κ3) is 6.20. The van der Waals surface area contributed by atoms with Crippen molar-refractivity contribution in [2.75, 3.05) is 12.4 Å². The number of thioether (sulfide) groups is 1. The summed E-state index contributed by atoms with van der Waals surface area (Å²) in [6, 6.07) is -0.525. The van der Waals surface area contributed by atoms with Gasteiger partial charge in [0.05, 0.1) is 24.3 Å². The molecule has 4 N–H and O–H groups in total. The Balaban J connectivity index is 0.00000312. The van der Waals surface area contributed by atoms with Gasteiger partial charge in [0, 0.05) is 52.6 Å². The van der Waals surface area contributed by atoms with Gasteiger partial charge >= 0.3 is 13.8 Å². The number of carbonyl (C=O) groups excluding carboxylic acids is 1. The van der Waals surface area contributed by atoms with Gasteiger partial charge in [0.25, 0.3) is 0 Å². The predicted molar refractivity (Wildman–Crippen MR) is 92.0 cm³/mol. The summed E-state index contributed by atoms with van der Waals surface area (Å²) in [5, 5.41) is 12.9. The fourth-order valence-electron chi connectivity index (χ4n) is 2.23. The Morgan fingerprint density at radius 3 is 2.80 bits per heavy atom. The largest absolute Gasteiger partial charge is 0.506 e.